The Morgan fingerprint density at radius 2 is 2.04 bits per heavy atom. The largest absolute Gasteiger partial charge is 0.472 e. The fourth-order valence-corrected chi connectivity index (χ4v) is 3.33. The van der Waals surface area contributed by atoms with Gasteiger partial charge in [0.05, 0.1) is 17.9 Å². The van der Waals surface area contributed by atoms with Gasteiger partial charge in [0.25, 0.3) is 0 Å². The molecular weight excluding hydrogens is 367 g/mol. The van der Waals surface area contributed by atoms with Gasteiger partial charge in [0.15, 0.2) is 0 Å². The van der Waals surface area contributed by atoms with Crippen LogP contribution >= 0.6 is 11.8 Å². The summed E-state index contributed by atoms with van der Waals surface area (Å²) in [5.41, 5.74) is -0.804. The van der Waals surface area contributed by atoms with Crippen molar-refractivity contribution in [2.75, 3.05) is 18.8 Å². The summed E-state index contributed by atoms with van der Waals surface area (Å²) in [6, 6.07) is 5.43. The molecule has 9 heteroatoms. The van der Waals surface area contributed by atoms with Crippen molar-refractivity contribution in [2.24, 2.45) is 0 Å². The number of ether oxygens (including phenoxy) is 1. The molecule has 3 heterocycles. The number of rotatable bonds is 5. The van der Waals surface area contributed by atoms with Gasteiger partial charge in [-0.3, -0.25) is 9.78 Å². The lowest BCUT2D eigenvalue weighted by Crippen LogP contribution is -2.32. The molecule has 2 aromatic heterocycles. The van der Waals surface area contributed by atoms with Crippen LogP contribution in [-0.4, -0.2) is 45.7 Å². The molecule has 138 valence electrons. The van der Waals surface area contributed by atoms with Crippen LogP contribution in [0, 0.1) is 0 Å². The van der Waals surface area contributed by atoms with E-state index < -0.39 is 11.7 Å². The van der Waals surface area contributed by atoms with E-state index in [1.165, 1.54) is 11.8 Å². The Labute approximate surface area is 152 Å². The van der Waals surface area contributed by atoms with Crippen molar-refractivity contribution in [3.05, 3.63) is 48.4 Å². The average molecular weight is 383 g/mol. The van der Waals surface area contributed by atoms with Crippen molar-refractivity contribution < 1.29 is 22.7 Å². The van der Waals surface area contributed by atoms with Crippen molar-refractivity contribution in [1.29, 1.82) is 0 Å². The third kappa shape index (κ3) is 4.87. The number of amides is 1. The van der Waals surface area contributed by atoms with Crippen molar-refractivity contribution in [3.63, 3.8) is 0 Å². The van der Waals surface area contributed by atoms with E-state index >= 15 is 0 Å². The van der Waals surface area contributed by atoms with E-state index in [9.17, 15) is 18.0 Å². The molecule has 1 fully saturated rings. The lowest BCUT2D eigenvalue weighted by molar-refractivity contribution is -0.137. The predicted molar refractivity (Wildman–Crippen MR) is 89.8 cm³/mol. The van der Waals surface area contributed by atoms with Crippen molar-refractivity contribution >= 4 is 17.7 Å². The lowest BCUT2D eigenvalue weighted by Gasteiger charge is -2.17. The average Bonchev–Trinajstić information content (AvgIpc) is 3.09. The molecular formula is C17H16F3N3O2S. The van der Waals surface area contributed by atoms with Crippen molar-refractivity contribution in [2.45, 2.75) is 23.6 Å². The fraction of sp³-hybridized carbons (Fsp3) is 0.353. The Kier molecular flexibility index (Phi) is 5.65. The minimum absolute atomic E-state index is 0.0325. The SMILES string of the molecule is O=C(CSc1ccncc1)N1CCC(Oc2cc(C(F)(F)F)ccn2)C1. The van der Waals surface area contributed by atoms with Gasteiger partial charge in [0, 0.05) is 42.5 Å². The Morgan fingerprint density at radius 3 is 2.77 bits per heavy atom. The number of thioether (sulfide) groups is 1. The van der Waals surface area contributed by atoms with Crippen LogP contribution in [0.3, 0.4) is 0 Å². The van der Waals surface area contributed by atoms with Crippen LogP contribution in [-0.2, 0) is 11.0 Å². The number of hydrogen-bond donors (Lipinski definition) is 0. The van der Waals surface area contributed by atoms with Crippen LogP contribution in [0.2, 0.25) is 0 Å². The summed E-state index contributed by atoms with van der Waals surface area (Å²) < 4.78 is 43.7. The number of aromatic nitrogens is 2. The van der Waals surface area contributed by atoms with E-state index in [2.05, 4.69) is 9.97 Å². The second-order valence-corrected chi connectivity index (χ2v) is 6.77. The van der Waals surface area contributed by atoms with Crippen molar-refractivity contribution in [1.82, 2.24) is 14.9 Å². The summed E-state index contributed by atoms with van der Waals surface area (Å²) in [6.07, 6.45) is 0.151. The number of halogens is 3. The number of nitrogens with zero attached hydrogens (tertiary/aromatic N) is 3. The zero-order chi connectivity index (χ0) is 18.6. The van der Waals surface area contributed by atoms with Gasteiger partial charge in [-0.05, 0) is 18.2 Å². The maximum Gasteiger partial charge on any atom is 0.416 e. The molecule has 3 rings (SSSR count). The molecule has 5 nitrogen and oxygen atoms in total. The Hall–Kier alpha value is -2.29. The second kappa shape index (κ2) is 7.94. The molecule has 1 aliphatic rings. The second-order valence-electron chi connectivity index (χ2n) is 5.72. The number of carbonyl (C=O) groups excluding carboxylic acids is 1. The lowest BCUT2D eigenvalue weighted by atomic mass is 10.2. The maximum atomic E-state index is 12.7. The van der Waals surface area contributed by atoms with Crippen LogP contribution < -0.4 is 4.74 Å². The van der Waals surface area contributed by atoms with Gasteiger partial charge in [-0.2, -0.15) is 13.2 Å². The summed E-state index contributed by atoms with van der Waals surface area (Å²) in [5.74, 6) is 0.179. The van der Waals surface area contributed by atoms with Crippen LogP contribution in [0.5, 0.6) is 5.88 Å². The van der Waals surface area contributed by atoms with Gasteiger partial charge in [0.1, 0.15) is 6.10 Å². The molecule has 0 N–H and O–H groups in total. The van der Waals surface area contributed by atoms with E-state index in [0.717, 1.165) is 23.2 Å². The van der Waals surface area contributed by atoms with E-state index in [1.54, 1.807) is 17.3 Å². The van der Waals surface area contributed by atoms with Gasteiger partial charge in [0.2, 0.25) is 11.8 Å². The van der Waals surface area contributed by atoms with Gasteiger partial charge < -0.3 is 9.64 Å². The highest BCUT2D eigenvalue weighted by molar-refractivity contribution is 8.00. The molecule has 0 bridgehead atoms. The Bertz CT molecular complexity index is 758. The van der Waals surface area contributed by atoms with E-state index in [4.69, 9.17) is 4.74 Å². The first-order chi connectivity index (χ1) is 12.4. The third-order valence-corrected chi connectivity index (χ3v) is 4.86. The molecule has 0 aliphatic carbocycles. The molecule has 1 amide bonds. The number of carbonyl (C=O) groups is 1. The zero-order valence-corrected chi connectivity index (χ0v) is 14.5. The van der Waals surface area contributed by atoms with Crippen LogP contribution in [0.25, 0.3) is 0 Å². The van der Waals surface area contributed by atoms with E-state index in [0.29, 0.717) is 25.3 Å². The standard InChI is InChI=1S/C17H16F3N3O2S/c18-17(19,20)12-1-7-22-15(9-12)25-13-4-8-23(10-13)16(24)11-26-14-2-5-21-6-3-14/h1-3,5-7,9,13H,4,8,10-11H2. The van der Waals surface area contributed by atoms with Crippen LogP contribution in [0.15, 0.2) is 47.8 Å². The van der Waals surface area contributed by atoms with Crippen LogP contribution in [0.4, 0.5) is 13.2 Å². The molecule has 0 saturated carbocycles. The first-order valence-corrected chi connectivity index (χ1v) is 8.91. The summed E-state index contributed by atoms with van der Waals surface area (Å²) in [7, 11) is 0. The van der Waals surface area contributed by atoms with Gasteiger partial charge >= 0.3 is 6.18 Å². The number of hydrogen-bond acceptors (Lipinski definition) is 5. The first kappa shape index (κ1) is 18.5. The zero-order valence-electron chi connectivity index (χ0n) is 13.6. The fourth-order valence-electron chi connectivity index (χ4n) is 2.54. The van der Waals surface area contributed by atoms with Crippen molar-refractivity contribution in [3.8, 4) is 5.88 Å². The number of pyridine rings is 2. The quantitative estimate of drug-likeness (QED) is 0.742. The monoisotopic (exact) mass is 383 g/mol. The summed E-state index contributed by atoms with van der Waals surface area (Å²) >= 11 is 1.42. The highest BCUT2D eigenvalue weighted by Gasteiger charge is 2.32. The van der Waals surface area contributed by atoms with E-state index in [-0.39, 0.29) is 17.9 Å². The van der Waals surface area contributed by atoms with Gasteiger partial charge in [-0.1, -0.05) is 0 Å². The van der Waals surface area contributed by atoms with Gasteiger partial charge in [-0.15, -0.1) is 11.8 Å². The van der Waals surface area contributed by atoms with Gasteiger partial charge in [-0.25, -0.2) is 4.98 Å². The molecule has 0 aromatic carbocycles. The molecule has 1 saturated heterocycles. The van der Waals surface area contributed by atoms with E-state index in [1.807, 2.05) is 12.1 Å². The highest BCUT2D eigenvalue weighted by Crippen LogP contribution is 2.31. The highest BCUT2D eigenvalue weighted by atomic mass is 32.2. The predicted octanol–water partition coefficient (Wildman–Crippen LogP) is 3.27. The molecule has 1 atom stereocenters. The maximum absolute atomic E-state index is 12.7. The minimum atomic E-state index is -4.44. The minimum Gasteiger partial charge on any atom is -0.472 e. The Morgan fingerprint density at radius 1 is 1.27 bits per heavy atom. The summed E-state index contributed by atoms with van der Waals surface area (Å²) in [4.78, 5) is 22.6. The molecule has 0 spiro atoms. The smallest absolute Gasteiger partial charge is 0.416 e. The van der Waals surface area contributed by atoms with Crippen LogP contribution in [0.1, 0.15) is 12.0 Å². The molecule has 1 aliphatic heterocycles. The molecule has 2 aromatic rings. The Balaban J connectivity index is 1.51. The number of likely N-dealkylation sites (tertiary alicyclic amines) is 1. The molecule has 0 radical (unpaired) electrons. The summed E-state index contributed by atoms with van der Waals surface area (Å²) in [6.45, 7) is 0.854. The first-order valence-electron chi connectivity index (χ1n) is 7.92. The third-order valence-electron chi connectivity index (χ3n) is 3.86. The summed E-state index contributed by atoms with van der Waals surface area (Å²) in [5, 5.41) is 0. The topological polar surface area (TPSA) is 55.3 Å². The molecule has 1 unspecified atom stereocenters. The number of alkyl halides is 3. The molecule has 26 heavy (non-hydrogen) atoms. The normalized spacial score (nSPS) is 17.3.